The van der Waals surface area contributed by atoms with Crippen molar-refractivity contribution in [2.75, 3.05) is 6.61 Å². The van der Waals surface area contributed by atoms with Crippen LogP contribution in [0.4, 0.5) is 13.2 Å². The molecule has 24 heavy (non-hydrogen) atoms. The van der Waals surface area contributed by atoms with Gasteiger partial charge < -0.3 is 10.4 Å². The average molecular weight is 347 g/mol. The van der Waals surface area contributed by atoms with Gasteiger partial charge in [-0.25, -0.2) is 0 Å². The molecule has 1 fully saturated rings. The molecule has 1 saturated carbocycles. The summed E-state index contributed by atoms with van der Waals surface area (Å²) in [5.74, 6) is -0.777. The highest BCUT2D eigenvalue weighted by molar-refractivity contribution is 5.84. The third-order valence-corrected chi connectivity index (χ3v) is 4.81. The van der Waals surface area contributed by atoms with Crippen LogP contribution in [-0.2, 0) is 11.3 Å². The fourth-order valence-corrected chi connectivity index (χ4v) is 3.55. The fraction of sp³-hybridized carbons (Fsp3) is 0.750. The normalized spacial score (nSPS) is 22.6. The molecule has 0 saturated heterocycles. The zero-order valence-corrected chi connectivity index (χ0v) is 14.2. The Balaban J connectivity index is 2.14. The second-order valence-electron chi connectivity index (χ2n) is 6.57. The van der Waals surface area contributed by atoms with Gasteiger partial charge in [-0.3, -0.25) is 9.48 Å². The third kappa shape index (κ3) is 4.09. The van der Waals surface area contributed by atoms with Crippen LogP contribution in [0.5, 0.6) is 0 Å². The van der Waals surface area contributed by atoms with Crippen molar-refractivity contribution in [3.63, 3.8) is 0 Å². The van der Waals surface area contributed by atoms with Gasteiger partial charge in [-0.05, 0) is 33.6 Å². The lowest BCUT2D eigenvalue weighted by Gasteiger charge is -2.22. The Morgan fingerprint density at radius 1 is 1.42 bits per heavy atom. The zero-order valence-electron chi connectivity index (χ0n) is 14.2. The van der Waals surface area contributed by atoms with Crippen LogP contribution < -0.4 is 5.32 Å². The number of nitrogens with zero attached hydrogens (tertiary/aromatic N) is 2. The van der Waals surface area contributed by atoms with Gasteiger partial charge in [-0.15, -0.1) is 0 Å². The number of nitrogens with one attached hydrogen (secondary N) is 1. The Morgan fingerprint density at radius 3 is 2.67 bits per heavy atom. The Bertz CT molecular complexity index is 598. The highest BCUT2D eigenvalue weighted by atomic mass is 19.4. The quantitative estimate of drug-likeness (QED) is 0.860. The second-order valence-corrected chi connectivity index (χ2v) is 6.57. The topological polar surface area (TPSA) is 67.2 Å². The van der Waals surface area contributed by atoms with E-state index < -0.39 is 18.6 Å². The van der Waals surface area contributed by atoms with E-state index in [1.54, 1.807) is 20.8 Å². The molecule has 0 unspecified atom stereocenters. The minimum Gasteiger partial charge on any atom is -0.396 e. The average Bonchev–Trinajstić information content (AvgIpc) is 3.01. The first kappa shape index (κ1) is 18.8. The van der Waals surface area contributed by atoms with E-state index in [0.717, 1.165) is 23.9 Å². The standard InChI is InChI=1S/C16H24F3N3O2/c1-9(15(24)20-13-6-4-5-12(13)7-23)14-10(2)21-22(11(14)3)8-16(17,18)19/h9,12-13,23H,4-8H2,1-3H3,(H,20,24)/t9-,12+,13+/m0/s1. The summed E-state index contributed by atoms with van der Waals surface area (Å²) in [4.78, 5) is 12.5. The van der Waals surface area contributed by atoms with E-state index in [4.69, 9.17) is 0 Å². The molecule has 1 heterocycles. The Labute approximate surface area is 139 Å². The predicted molar refractivity (Wildman–Crippen MR) is 82.5 cm³/mol. The first-order chi connectivity index (χ1) is 11.1. The maximum atomic E-state index is 12.6. The molecule has 0 radical (unpaired) electrons. The van der Waals surface area contributed by atoms with Crippen LogP contribution in [-0.4, -0.2) is 39.6 Å². The number of alkyl halides is 3. The van der Waals surface area contributed by atoms with Crippen LogP contribution in [0, 0.1) is 19.8 Å². The summed E-state index contributed by atoms with van der Waals surface area (Å²) in [6, 6.07) is -0.0733. The molecule has 0 aliphatic heterocycles. The van der Waals surface area contributed by atoms with E-state index in [9.17, 15) is 23.1 Å². The number of amides is 1. The maximum Gasteiger partial charge on any atom is 0.408 e. The number of halogens is 3. The summed E-state index contributed by atoms with van der Waals surface area (Å²) >= 11 is 0. The number of aryl methyl sites for hydroxylation is 1. The summed E-state index contributed by atoms with van der Waals surface area (Å²) in [6.45, 7) is 3.71. The van der Waals surface area contributed by atoms with Crippen molar-refractivity contribution in [3.8, 4) is 0 Å². The minimum atomic E-state index is -4.36. The van der Waals surface area contributed by atoms with Crippen molar-refractivity contribution in [2.45, 2.75) is 64.7 Å². The molecule has 1 aromatic rings. The van der Waals surface area contributed by atoms with Crippen molar-refractivity contribution in [2.24, 2.45) is 5.92 Å². The molecule has 0 spiro atoms. The van der Waals surface area contributed by atoms with Gasteiger partial charge in [-0.2, -0.15) is 18.3 Å². The summed E-state index contributed by atoms with van der Waals surface area (Å²) in [6.07, 6.45) is -1.72. The molecular weight excluding hydrogens is 323 g/mol. The van der Waals surface area contributed by atoms with Crippen LogP contribution in [0.3, 0.4) is 0 Å². The van der Waals surface area contributed by atoms with Gasteiger partial charge in [0.05, 0.1) is 11.6 Å². The highest BCUT2D eigenvalue weighted by Gasteiger charge is 2.33. The van der Waals surface area contributed by atoms with Crippen LogP contribution in [0.25, 0.3) is 0 Å². The molecule has 1 amide bonds. The number of aliphatic hydroxyl groups is 1. The lowest BCUT2D eigenvalue weighted by atomic mass is 9.96. The van der Waals surface area contributed by atoms with Crippen LogP contribution in [0.1, 0.15) is 49.1 Å². The SMILES string of the molecule is Cc1nn(CC(F)(F)F)c(C)c1[C@H](C)C(=O)N[C@@H]1CCC[C@@H]1CO. The number of aromatic nitrogens is 2. The lowest BCUT2D eigenvalue weighted by molar-refractivity contribution is -0.143. The molecule has 0 bridgehead atoms. The van der Waals surface area contributed by atoms with Crippen molar-refractivity contribution >= 4 is 5.91 Å². The predicted octanol–water partition coefficient (Wildman–Crippen LogP) is 2.44. The molecule has 1 aliphatic rings. The number of aliphatic hydroxyl groups excluding tert-OH is 1. The number of carbonyl (C=O) groups is 1. The minimum absolute atomic E-state index is 0.0287. The molecular formula is C16H24F3N3O2. The summed E-state index contributed by atoms with van der Waals surface area (Å²) < 4.78 is 38.7. The monoisotopic (exact) mass is 347 g/mol. The van der Waals surface area contributed by atoms with Crippen LogP contribution in [0.2, 0.25) is 0 Å². The Hall–Kier alpha value is -1.57. The summed E-state index contributed by atoms with van der Waals surface area (Å²) in [7, 11) is 0. The van der Waals surface area contributed by atoms with Crippen molar-refractivity contribution < 1.29 is 23.1 Å². The maximum absolute atomic E-state index is 12.6. The Kier molecular flexibility index (Phi) is 5.57. The largest absolute Gasteiger partial charge is 0.408 e. The van der Waals surface area contributed by atoms with Gasteiger partial charge in [0.2, 0.25) is 5.91 Å². The van der Waals surface area contributed by atoms with E-state index in [1.165, 1.54) is 0 Å². The molecule has 2 N–H and O–H groups in total. The molecule has 3 atom stereocenters. The molecule has 1 aliphatic carbocycles. The van der Waals surface area contributed by atoms with Crippen LogP contribution >= 0.6 is 0 Å². The number of hydrogen-bond acceptors (Lipinski definition) is 3. The van der Waals surface area contributed by atoms with Gasteiger partial charge in [0.1, 0.15) is 6.54 Å². The van der Waals surface area contributed by atoms with Gasteiger partial charge >= 0.3 is 6.18 Å². The van der Waals surface area contributed by atoms with Crippen molar-refractivity contribution in [3.05, 3.63) is 17.0 Å². The fourth-order valence-electron chi connectivity index (χ4n) is 3.55. The number of hydrogen-bond donors (Lipinski definition) is 2. The third-order valence-electron chi connectivity index (χ3n) is 4.81. The lowest BCUT2D eigenvalue weighted by Crippen LogP contribution is -2.40. The highest BCUT2D eigenvalue weighted by Crippen LogP contribution is 2.29. The molecule has 8 heteroatoms. The summed E-state index contributed by atoms with van der Waals surface area (Å²) in [5, 5.41) is 16.2. The Morgan fingerprint density at radius 2 is 2.08 bits per heavy atom. The second kappa shape index (κ2) is 7.13. The number of carbonyl (C=O) groups excluding carboxylic acids is 1. The number of rotatable bonds is 5. The van der Waals surface area contributed by atoms with Crippen LogP contribution in [0.15, 0.2) is 0 Å². The van der Waals surface area contributed by atoms with E-state index in [-0.39, 0.29) is 24.5 Å². The molecule has 1 aromatic heterocycles. The van der Waals surface area contributed by atoms with E-state index >= 15 is 0 Å². The van der Waals surface area contributed by atoms with Gasteiger partial charge in [0, 0.05) is 29.8 Å². The first-order valence-corrected chi connectivity index (χ1v) is 8.16. The van der Waals surface area contributed by atoms with Gasteiger partial charge in [-0.1, -0.05) is 6.42 Å². The van der Waals surface area contributed by atoms with Crippen molar-refractivity contribution in [1.82, 2.24) is 15.1 Å². The smallest absolute Gasteiger partial charge is 0.396 e. The van der Waals surface area contributed by atoms with Crippen molar-refractivity contribution in [1.29, 1.82) is 0 Å². The molecule has 136 valence electrons. The molecule has 0 aromatic carbocycles. The summed E-state index contributed by atoms with van der Waals surface area (Å²) in [5.41, 5.74) is 1.33. The van der Waals surface area contributed by atoms with E-state index in [2.05, 4.69) is 10.4 Å². The van der Waals surface area contributed by atoms with Gasteiger partial charge in [0.25, 0.3) is 0 Å². The van der Waals surface area contributed by atoms with E-state index in [1.807, 2.05) is 0 Å². The first-order valence-electron chi connectivity index (χ1n) is 8.16. The van der Waals surface area contributed by atoms with E-state index in [0.29, 0.717) is 17.0 Å². The van der Waals surface area contributed by atoms with Gasteiger partial charge in [0.15, 0.2) is 0 Å². The zero-order chi connectivity index (χ0) is 18.1. The molecule has 2 rings (SSSR count). The molecule has 5 nitrogen and oxygen atoms in total.